The lowest BCUT2D eigenvalue weighted by atomic mass is 9.87. The Morgan fingerprint density at radius 1 is 1.13 bits per heavy atom. The highest BCUT2D eigenvalue weighted by atomic mass is 35.5. The van der Waals surface area contributed by atoms with Crippen LogP contribution in [0.25, 0.3) is 0 Å². The molecule has 0 aliphatic carbocycles. The van der Waals surface area contributed by atoms with E-state index >= 15 is 0 Å². The van der Waals surface area contributed by atoms with Gasteiger partial charge in [0, 0.05) is 16.8 Å². The van der Waals surface area contributed by atoms with Crippen LogP contribution in [0.3, 0.4) is 0 Å². The second kappa shape index (κ2) is 6.38. The second-order valence-electron chi connectivity index (χ2n) is 6.20. The Morgan fingerprint density at radius 2 is 1.74 bits per heavy atom. The molecule has 0 unspecified atom stereocenters. The third kappa shape index (κ3) is 4.07. The average molecular weight is 333 g/mol. The predicted molar refractivity (Wildman–Crippen MR) is 91.2 cm³/mol. The number of nitro groups is 1. The molecule has 0 saturated carbocycles. The van der Waals surface area contributed by atoms with Crippen molar-refractivity contribution in [2.24, 2.45) is 0 Å². The third-order valence-corrected chi connectivity index (χ3v) is 3.64. The van der Waals surface area contributed by atoms with Crippen molar-refractivity contribution in [3.8, 4) is 0 Å². The summed E-state index contributed by atoms with van der Waals surface area (Å²) in [7, 11) is 0. The van der Waals surface area contributed by atoms with Crippen molar-refractivity contribution >= 4 is 28.9 Å². The molecule has 2 aromatic carbocycles. The summed E-state index contributed by atoms with van der Waals surface area (Å²) in [4.78, 5) is 22.7. The number of nitro benzene ring substituents is 1. The van der Waals surface area contributed by atoms with E-state index in [0.29, 0.717) is 5.69 Å². The number of carbonyl (C=O) groups excluding carboxylic acids is 1. The molecule has 0 aliphatic heterocycles. The number of nitrogens with one attached hydrogen (secondary N) is 1. The van der Waals surface area contributed by atoms with E-state index in [2.05, 4.69) is 26.1 Å². The summed E-state index contributed by atoms with van der Waals surface area (Å²) in [5.41, 5.74) is 1.36. The van der Waals surface area contributed by atoms with Gasteiger partial charge in [0.2, 0.25) is 0 Å². The van der Waals surface area contributed by atoms with Crippen LogP contribution < -0.4 is 5.32 Å². The molecular formula is C17H17ClN2O3. The van der Waals surface area contributed by atoms with Gasteiger partial charge in [-0.2, -0.15) is 0 Å². The van der Waals surface area contributed by atoms with E-state index in [1.54, 1.807) is 12.1 Å². The molecular weight excluding hydrogens is 316 g/mol. The molecule has 23 heavy (non-hydrogen) atoms. The second-order valence-corrected chi connectivity index (χ2v) is 6.64. The van der Waals surface area contributed by atoms with E-state index in [-0.39, 0.29) is 21.7 Å². The first-order valence-electron chi connectivity index (χ1n) is 7.04. The van der Waals surface area contributed by atoms with Crippen molar-refractivity contribution in [3.63, 3.8) is 0 Å². The summed E-state index contributed by atoms with van der Waals surface area (Å²) in [6.45, 7) is 6.28. The number of amides is 1. The van der Waals surface area contributed by atoms with Crippen molar-refractivity contribution in [2.75, 3.05) is 5.32 Å². The lowest BCUT2D eigenvalue weighted by molar-refractivity contribution is -0.385. The minimum absolute atomic E-state index is 0.00822. The van der Waals surface area contributed by atoms with Crippen LogP contribution in [0.2, 0.25) is 5.02 Å². The van der Waals surface area contributed by atoms with Gasteiger partial charge in [-0.25, -0.2) is 0 Å². The summed E-state index contributed by atoms with van der Waals surface area (Å²) >= 11 is 5.84. The molecule has 1 N–H and O–H groups in total. The van der Waals surface area contributed by atoms with Crippen LogP contribution in [0, 0.1) is 10.1 Å². The molecule has 0 bridgehead atoms. The Labute approximate surface area is 139 Å². The monoisotopic (exact) mass is 332 g/mol. The zero-order valence-electron chi connectivity index (χ0n) is 13.1. The molecule has 0 aliphatic rings. The zero-order chi connectivity index (χ0) is 17.2. The molecule has 0 atom stereocenters. The lowest BCUT2D eigenvalue weighted by Gasteiger charge is -2.19. The Bertz CT molecular complexity index is 749. The number of anilines is 1. The zero-order valence-corrected chi connectivity index (χ0v) is 13.8. The summed E-state index contributed by atoms with van der Waals surface area (Å²) in [6, 6.07) is 11.3. The molecule has 1 amide bonds. The number of hydrogen-bond acceptors (Lipinski definition) is 3. The van der Waals surface area contributed by atoms with Gasteiger partial charge < -0.3 is 5.32 Å². The molecule has 0 fully saturated rings. The van der Waals surface area contributed by atoms with Crippen LogP contribution >= 0.6 is 11.6 Å². The maximum Gasteiger partial charge on any atom is 0.282 e. The largest absolute Gasteiger partial charge is 0.322 e. The minimum atomic E-state index is -0.603. The smallest absolute Gasteiger partial charge is 0.282 e. The number of nitrogens with zero attached hydrogens (tertiary/aromatic N) is 1. The van der Waals surface area contributed by atoms with Crippen molar-refractivity contribution < 1.29 is 9.72 Å². The fourth-order valence-corrected chi connectivity index (χ4v) is 2.27. The van der Waals surface area contributed by atoms with Crippen molar-refractivity contribution in [1.29, 1.82) is 0 Å². The molecule has 0 spiro atoms. The van der Waals surface area contributed by atoms with E-state index in [1.165, 1.54) is 18.2 Å². The highest BCUT2D eigenvalue weighted by Crippen LogP contribution is 2.26. The van der Waals surface area contributed by atoms with Crippen LogP contribution in [0.4, 0.5) is 11.4 Å². The Kier molecular flexibility index (Phi) is 4.71. The minimum Gasteiger partial charge on any atom is -0.322 e. The number of benzene rings is 2. The Balaban J connectivity index is 2.26. The highest BCUT2D eigenvalue weighted by Gasteiger charge is 2.21. The molecule has 5 nitrogen and oxygen atoms in total. The Morgan fingerprint density at radius 3 is 2.26 bits per heavy atom. The lowest BCUT2D eigenvalue weighted by Crippen LogP contribution is -2.15. The quantitative estimate of drug-likeness (QED) is 0.648. The molecule has 6 heteroatoms. The molecule has 2 aromatic rings. The third-order valence-electron chi connectivity index (χ3n) is 3.41. The van der Waals surface area contributed by atoms with E-state index < -0.39 is 10.8 Å². The van der Waals surface area contributed by atoms with Gasteiger partial charge in [-0.1, -0.05) is 44.5 Å². The van der Waals surface area contributed by atoms with Gasteiger partial charge in [-0.3, -0.25) is 14.9 Å². The van der Waals surface area contributed by atoms with Crippen LogP contribution in [-0.2, 0) is 5.41 Å². The van der Waals surface area contributed by atoms with E-state index in [0.717, 1.165) is 5.56 Å². The summed E-state index contributed by atoms with van der Waals surface area (Å²) in [5.74, 6) is -0.567. The fourth-order valence-electron chi connectivity index (χ4n) is 2.10. The maximum absolute atomic E-state index is 12.3. The van der Waals surface area contributed by atoms with Crippen LogP contribution in [-0.4, -0.2) is 10.8 Å². The first-order chi connectivity index (χ1) is 10.7. The highest BCUT2D eigenvalue weighted by molar-refractivity contribution is 6.31. The first-order valence-corrected chi connectivity index (χ1v) is 7.42. The van der Waals surface area contributed by atoms with Gasteiger partial charge in [0.05, 0.1) is 4.92 Å². The van der Waals surface area contributed by atoms with Crippen molar-refractivity contribution in [3.05, 3.63) is 68.7 Å². The van der Waals surface area contributed by atoms with Gasteiger partial charge >= 0.3 is 0 Å². The van der Waals surface area contributed by atoms with Crippen LogP contribution in [0.1, 0.15) is 36.7 Å². The van der Waals surface area contributed by atoms with Crippen molar-refractivity contribution in [1.82, 2.24) is 0 Å². The molecule has 0 aromatic heterocycles. The summed E-state index contributed by atoms with van der Waals surface area (Å²) < 4.78 is 0. The molecule has 0 heterocycles. The van der Waals surface area contributed by atoms with Gasteiger partial charge in [-0.15, -0.1) is 0 Å². The SMILES string of the molecule is CC(C)(C)c1ccc(NC(=O)c2cc(Cl)ccc2[N+](=O)[O-])cc1. The fraction of sp³-hybridized carbons (Fsp3) is 0.235. The standard InChI is InChI=1S/C17H17ClN2O3/c1-17(2,3)11-4-7-13(8-5-11)19-16(21)14-10-12(18)6-9-15(14)20(22)23/h4-10H,1-3H3,(H,19,21). The van der Waals surface area contributed by atoms with Gasteiger partial charge in [0.15, 0.2) is 0 Å². The summed E-state index contributed by atoms with van der Waals surface area (Å²) in [6.07, 6.45) is 0. The van der Waals surface area contributed by atoms with Crippen LogP contribution in [0.5, 0.6) is 0 Å². The van der Waals surface area contributed by atoms with Crippen LogP contribution in [0.15, 0.2) is 42.5 Å². The average Bonchev–Trinajstić information content (AvgIpc) is 2.46. The number of rotatable bonds is 3. The molecule has 0 saturated heterocycles. The number of carbonyl (C=O) groups is 1. The number of hydrogen-bond donors (Lipinski definition) is 1. The predicted octanol–water partition coefficient (Wildman–Crippen LogP) is 4.80. The normalized spacial score (nSPS) is 11.1. The number of halogens is 1. The Hall–Kier alpha value is -2.40. The van der Waals surface area contributed by atoms with Gasteiger partial charge in [-0.05, 0) is 35.2 Å². The first kappa shape index (κ1) is 17.0. The van der Waals surface area contributed by atoms with E-state index in [9.17, 15) is 14.9 Å². The summed E-state index contributed by atoms with van der Waals surface area (Å²) in [5, 5.41) is 14.0. The van der Waals surface area contributed by atoms with Gasteiger partial charge in [0.25, 0.3) is 11.6 Å². The topological polar surface area (TPSA) is 72.2 Å². The van der Waals surface area contributed by atoms with E-state index in [1.807, 2.05) is 12.1 Å². The molecule has 0 radical (unpaired) electrons. The maximum atomic E-state index is 12.3. The molecule has 120 valence electrons. The molecule has 2 rings (SSSR count). The van der Waals surface area contributed by atoms with Crippen molar-refractivity contribution in [2.45, 2.75) is 26.2 Å². The van der Waals surface area contributed by atoms with Gasteiger partial charge in [0.1, 0.15) is 5.56 Å². The van der Waals surface area contributed by atoms with E-state index in [4.69, 9.17) is 11.6 Å².